The lowest BCUT2D eigenvalue weighted by atomic mass is 9.68. The van der Waals surface area contributed by atoms with Crippen molar-refractivity contribution in [1.82, 2.24) is 0 Å². The molecule has 5 rings (SSSR count). The van der Waals surface area contributed by atoms with Crippen molar-refractivity contribution < 1.29 is 14.3 Å². The maximum atomic E-state index is 13.4. The number of Topliss-reactive ketones (excluding diaryl/α,β-unsaturated/α-hetero) is 2. The quantitative estimate of drug-likeness (QED) is 0.219. The van der Waals surface area contributed by atoms with Crippen LogP contribution in [0.2, 0.25) is 0 Å². The number of hydrogen-bond donors (Lipinski definition) is 2. The summed E-state index contributed by atoms with van der Waals surface area (Å²) >= 11 is 0. The van der Waals surface area contributed by atoms with Crippen molar-refractivity contribution in [3.63, 3.8) is 0 Å². The molecule has 1 fully saturated rings. The van der Waals surface area contributed by atoms with Gasteiger partial charge in [-0.15, -0.1) is 0 Å². The topological polar surface area (TPSA) is 103 Å². The van der Waals surface area contributed by atoms with E-state index in [0.717, 1.165) is 60.8 Å². The first-order chi connectivity index (χ1) is 21.4. The molecule has 2 atom stereocenters. The molecule has 2 N–H and O–H groups in total. The van der Waals surface area contributed by atoms with Crippen molar-refractivity contribution in [2.45, 2.75) is 72.1 Å². The van der Waals surface area contributed by atoms with Gasteiger partial charge in [0.15, 0.2) is 0 Å². The van der Waals surface area contributed by atoms with E-state index in [1.165, 1.54) is 11.6 Å². The van der Waals surface area contributed by atoms with Crippen LogP contribution in [0.25, 0.3) is 0 Å². The van der Waals surface area contributed by atoms with Gasteiger partial charge < -0.3 is 10.1 Å². The van der Waals surface area contributed by atoms with E-state index in [9.17, 15) is 15.0 Å². The van der Waals surface area contributed by atoms with Gasteiger partial charge in [-0.1, -0.05) is 64.6 Å². The predicted molar refractivity (Wildman–Crippen MR) is 182 cm³/mol. The van der Waals surface area contributed by atoms with E-state index in [2.05, 4.69) is 51.9 Å². The van der Waals surface area contributed by atoms with Crippen molar-refractivity contribution in [3.05, 3.63) is 106 Å². The van der Waals surface area contributed by atoms with E-state index in [-0.39, 0.29) is 34.5 Å². The van der Waals surface area contributed by atoms with E-state index in [4.69, 9.17) is 10.1 Å². The maximum absolute atomic E-state index is 13.4. The molecule has 1 aromatic carbocycles. The number of nitrogens with one attached hydrogen (secondary N) is 2. The molecule has 1 aromatic rings. The van der Waals surface area contributed by atoms with E-state index in [1.54, 1.807) is 25.6 Å². The number of carbonyl (C=O) groups excluding carboxylic acids is 2. The molecular weight excluding hydrogens is 558 g/mol. The monoisotopic (exact) mass is 603 g/mol. The smallest absolute Gasteiger partial charge is 0.208 e. The molecule has 234 valence electrons. The number of rotatable bonds is 9. The fourth-order valence-corrected chi connectivity index (χ4v) is 7.66. The van der Waals surface area contributed by atoms with Crippen molar-refractivity contribution >= 4 is 29.2 Å². The van der Waals surface area contributed by atoms with Crippen LogP contribution in [0.4, 0.5) is 0 Å². The fraction of sp³-hybridized carbons (Fsp3) is 0.410. The molecule has 0 amide bonds. The third-order valence-corrected chi connectivity index (χ3v) is 10.2. The Kier molecular flexibility index (Phi) is 9.06. The Morgan fingerprint density at radius 1 is 1.11 bits per heavy atom. The number of nitrogens with zero attached hydrogens (tertiary/aromatic N) is 1. The lowest BCUT2D eigenvalue weighted by Gasteiger charge is -2.35. The van der Waals surface area contributed by atoms with Crippen molar-refractivity contribution in [1.29, 1.82) is 10.8 Å². The average Bonchev–Trinajstić information content (AvgIpc) is 3.02. The largest absolute Gasteiger partial charge is 0.495 e. The summed E-state index contributed by atoms with van der Waals surface area (Å²) in [4.78, 5) is 31.0. The Hall–Kier alpha value is -4.19. The third-order valence-electron chi connectivity index (χ3n) is 10.2. The molecule has 0 spiro atoms. The molecule has 1 saturated carbocycles. The second-order valence-corrected chi connectivity index (χ2v) is 13.5. The first-order valence-electron chi connectivity index (χ1n) is 16.1. The van der Waals surface area contributed by atoms with Gasteiger partial charge in [0.25, 0.3) is 0 Å². The minimum atomic E-state index is -0.714. The number of ether oxygens (including phenoxy) is 1. The number of carbonyl (C=O) groups is 2. The maximum Gasteiger partial charge on any atom is 0.208 e. The molecule has 0 bridgehead atoms. The highest BCUT2D eigenvalue weighted by Gasteiger charge is 2.40. The third kappa shape index (κ3) is 5.95. The summed E-state index contributed by atoms with van der Waals surface area (Å²) in [6.07, 6.45) is 14.4. The summed E-state index contributed by atoms with van der Waals surface area (Å²) in [5.41, 5.74) is 6.31. The molecular formula is C39H45N3O3. The number of ketones is 2. The van der Waals surface area contributed by atoms with E-state index in [1.807, 2.05) is 18.2 Å². The van der Waals surface area contributed by atoms with Gasteiger partial charge in [0, 0.05) is 34.6 Å². The van der Waals surface area contributed by atoms with Crippen LogP contribution < -0.4 is 0 Å². The highest BCUT2D eigenvalue weighted by atomic mass is 16.5. The van der Waals surface area contributed by atoms with E-state index >= 15 is 0 Å². The Bertz CT molecular complexity index is 1650. The van der Waals surface area contributed by atoms with Gasteiger partial charge in [0.05, 0.1) is 24.9 Å². The van der Waals surface area contributed by atoms with Crippen LogP contribution in [0.3, 0.4) is 0 Å². The summed E-state index contributed by atoms with van der Waals surface area (Å²) < 4.78 is 5.48. The van der Waals surface area contributed by atoms with Crippen molar-refractivity contribution in [2.24, 2.45) is 28.2 Å². The number of aryl methyl sites for hydroxylation is 1. The van der Waals surface area contributed by atoms with Gasteiger partial charge in [-0.2, -0.15) is 0 Å². The number of methoxy groups -OCH3 is 1. The van der Waals surface area contributed by atoms with E-state index in [0.29, 0.717) is 34.2 Å². The minimum Gasteiger partial charge on any atom is -0.495 e. The Morgan fingerprint density at radius 2 is 1.82 bits per heavy atom. The first-order valence-corrected chi connectivity index (χ1v) is 16.1. The molecule has 0 aromatic heterocycles. The van der Waals surface area contributed by atoms with Gasteiger partial charge in [0.2, 0.25) is 5.78 Å². The van der Waals surface area contributed by atoms with Gasteiger partial charge in [-0.25, -0.2) is 0 Å². The van der Waals surface area contributed by atoms with Crippen molar-refractivity contribution in [2.75, 3.05) is 7.11 Å². The normalized spacial score (nSPS) is 25.2. The van der Waals surface area contributed by atoms with Crippen LogP contribution in [0.5, 0.6) is 0 Å². The van der Waals surface area contributed by atoms with Gasteiger partial charge in [-0.05, 0) is 90.5 Å². The molecule has 1 heterocycles. The minimum absolute atomic E-state index is 0.0943. The van der Waals surface area contributed by atoms with Crippen LogP contribution in [-0.4, -0.2) is 36.3 Å². The summed E-state index contributed by atoms with van der Waals surface area (Å²) in [7, 11) is 1.58. The summed E-state index contributed by atoms with van der Waals surface area (Å²) in [5, 5.41) is 17.7. The molecule has 4 aliphatic rings. The van der Waals surface area contributed by atoms with Crippen LogP contribution in [-0.2, 0) is 14.3 Å². The number of allylic oxidation sites excluding steroid dienone is 8. The molecule has 6 heteroatoms. The number of benzene rings is 1. The summed E-state index contributed by atoms with van der Waals surface area (Å²) in [6.45, 7) is 17.1. The van der Waals surface area contributed by atoms with Crippen molar-refractivity contribution in [3.8, 4) is 0 Å². The summed E-state index contributed by atoms with van der Waals surface area (Å²) in [5.74, 6) is 0.0997. The number of aliphatic imine (C=N–C) groups is 1. The van der Waals surface area contributed by atoms with Crippen LogP contribution in [0.15, 0.2) is 94.4 Å². The zero-order chi connectivity index (χ0) is 32.6. The van der Waals surface area contributed by atoms with Gasteiger partial charge in [-0.3, -0.25) is 20.0 Å². The zero-order valence-corrected chi connectivity index (χ0v) is 27.3. The highest BCUT2D eigenvalue weighted by Crippen LogP contribution is 2.45. The molecule has 3 aliphatic carbocycles. The highest BCUT2D eigenvalue weighted by molar-refractivity contribution is 6.50. The lowest BCUT2D eigenvalue weighted by molar-refractivity contribution is -0.132. The van der Waals surface area contributed by atoms with E-state index < -0.39 is 5.92 Å². The molecule has 0 saturated heterocycles. The molecule has 6 nitrogen and oxygen atoms in total. The standard InChI is InChI=1S/C39H45N3O3/c1-8-17-39(5,6)38(44)26-11-9-25(10-12-26)29-15-13-28(18-22(29)2)36(41)34-24(4)30(31-20-42-21-33(45-7)23(31)3)19-27-14-16-32(40)37(43)35(27)34/h13-16,18-21,25-26,31,34,40-41H,3-4,8-12,17H2,1-2,5-7H3. The SMILES string of the molecule is C=C1C(OC)=CN=CC1C1=CC2=C(C(=O)C(=N)C=C2)C(C(=N)c2ccc(C3CCC(C(=O)C(C)(C)CCC)CC3)c(C)c2)C1=C. The lowest BCUT2D eigenvalue weighted by Crippen LogP contribution is -2.34. The zero-order valence-electron chi connectivity index (χ0n) is 27.3. The molecule has 0 radical (unpaired) electrons. The van der Waals surface area contributed by atoms with Gasteiger partial charge >= 0.3 is 0 Å². The molecule has 1 aliphatic heterocycles. The van der Waals surface area contributed by atoms with Crippen LogP contribution in [0, 0.1) is 40.9 Å². The fourth-order valence-electron chi connectivity index (χ4n) is 7.66. The molecule has 2 unspecified atom stereocenters. The average molecular weight is 604 g/mol. The Morgan fingerprint density at radius 3 is 2.47 bits per heavy atom. The van der Waals surface area contributed by atoms with Gasteiger partial charge in [0.1, 0.15) is 17.3 Å². The van der Waals surface area contributed by atoms with Crippen LogP contribution in [0.1, 0.15) is 81.9 Å². The predicted octanol–water partition coefficient (Wildman–Crippen LogP) is 8.34. The second-order valence-electron chi connectivity index (χ2n) is 13.5. The second kappa shape index (κ2) is 12.7. The summed E-state index contributed by atoms with van der Waals surface area (Å²) in [6, 6.07) is 6.16. The first kappa shape index (κ1) is 32.2. The Labute approximate surface area is 267 Å². The molecule has 45 heavy (non-hydrogen) atoms. The van der Waals surface area contributed by atoms with Crippen LogP contribution >= 0.6 is 0 Å². The number of hydrogen-bond acceptors (Lipinski definition) is 6. The Balaban J connectivity index is 1.40.